The van der Waals surface area contributed by atoms with Crippen LogP contribution in [0.5, 0.6) is 0 Å². The zero-order chi connectivity index (χ0) is 16.8. The fraction of sp³-hybridized carbons (Fsp3) is 0.400. The van der Waals surface area contributed by atoms with Crippen LogP contribution < -0.4 is 4.90 Å². The van der Waals surface area contributed by atoms with E-state index in [1.165, 1.54) is 16.1 Å². The molecule has 3 rings (SSSR count). The van der Waals surface area contributed by atoms with E-state index in [0.717, 1.165) is 38.5 Å². The van der Waals surface area contributed by atoms with E-state index in [1.54, 1.807) is 11.8 Å². The lowest BCUT2D eigenvalue weighted by Gasteiger charge is -2.37. The van der Waals surface area contributed by atoms with Gasteiger partial charge in [-0.25, -0.2) is 0 Å². The van der Waals surface area contributed by atoms with Gasteiger partial charge in [-0.05, 0) is 31.2 Å². The van der Waals surface area contributed by atoms with E-state index in [1.807, 2.05) is 18.2 Å². The minimum Gasteiger partial charge on any atom is -0.391 e. The van der Waals surface area contributed by atoms with Crippen molar-refractivity contribution in [3.8, 4) is 0 Å². The maximum atomic E-state index is 10.3. The van der Waals surface area contributed by atoms with Crippen LogP contribution in [0.15, 0.2) is 59.5 Å². The van der Waals surface area contributed by atoms with E-state index < -0.39 is 0 Å². The number of rotatable bonds is 6. The van der Waals surface area contributed by atoms with Crippen LogP contribution in [-0.4, -0.2) is 54.6 Å². The summed E-state index contributed by atoms with van der Waals surface area (Å²) in [6.45, 7) is 6.98. The first-order valence-electron chi connectivity index (χ1n) is 8.60. The first-order valence-corrected chi connectivity index (χ1v) is 9.59. The Hall–Kier alpha value is -1.49. The van der Waals surface area contributed by atoms with Gasteiger partial charge in [-0.3, -0.25) is 4.90 Å². The highest BCUT2D eigenvalue weighted by Gasteiger charge is 2.19. The number of thioether (sulfide) groups is 1. The Morgan fingerprint density at radius 1 is 0.958 bits per heavy atom. The van der Waals surface area contributed by atoms with E-state index in [9.17, 15) is 5.11 Å². The molecule has 1 heterocycles. The summed E-state index contributed by atoms with van der Waals surface area (Å²) in [5.41, 5.74) is 2.61. The molecule has 0 radical (unpaired) electrons. The Bertz CT molecular complexity index is 609. The van der Waals surface area contributed by atoms with E-state index in [4.69, 9.17) is 0 Å². The molecule has 2 aromatic carbocycles. The number of hydrogen-bond donors (Lipinski definition) is 1. The van der Waals surface area contributed by atoms with Crippen LogP contribution in [0.2, 0.25) is 0 Å². The Labute approximate surface area is 149 Å². The van der Waals surface area contributed by atoms with Gasteiger partial charge in [0.25, 0.3) is 0 Å². The van der Waals surface area contributed by atoms with E-state index in [2.05, 4.69) is 53.1 Å². The second-order valence-corrected chi connectivity index (χ2v) is 7.49. The molecule has 3 nitrogen and oxygen atoms in total. The maximum absolute atomic E-state index is 10.3. The van der Waals surface area contributed by atoms with E-state index in [0.29, 0.717) is 0 Å². The summed E-state index contributed by atoms with van der Waals surface area (Å²) in [5.74, 6) is 0.752. The van der Waals surface area contributed by atoms with Crippen LogP contribution in [0.3, 0.4) is 0 Å². The molecule has 0 aliphatic carbocycles. The average Bonchev–Trinajstić information content (AvgIpc) is 2.62. The van der Waals surface area contributed by atoms with Crippen LogP contribution >= 0.6 is 11.8 Å². The van der Waals surface area contributed by atoms with Crippen LogP contribution in [0.4, 0.5) is 5.69 Å². The molecule has 0 spiro atoms. The van der Waals surface area contributed by atoms with Gasteiger partial charge in [-0.1, -0.05) is 35.9 Å². The highest BCUT2D eigenvalue weighted by atomic mass is 32.2. The van der Waals surface area contributed by atoms with E-state index in [-0.39, 0.29) is 6.10 Å². The minimum absolute atomic E-state index is 0.277. The molecule has 1 atom stereocenters. The molecule has 1 aliphatic heterocycles. The minimum atomic E-state index is -0.277. The van der Waals surface area contributed by atoms with Crippen molar-refractivity contribution in [2.75, 3.05) is 43.4 Å². The van der Waals surface area contributed by atoms with Gasteiger partial charge in [0.05, 0.1) is 6.10 Å². The quantitative estimate of drug-likeness (QED) is 0.815. The van der Waals surface area contributed by atoms with Crippen molar-refractivity contribution in [2.24, 2.45) is 0 Å². The van der Waals surface area contributed by atoms with Crippen LogP contribution in [-0.2, 0) is 0 Å². The molecule has 1 N–H and O–H groups in total. The monoisotopic (exact) mass is 342 g/mol. The van der Waals surface area contributed by atoms with Gasteiger partial charge in [-0.2, -0.15) is 0 Å². The Morgan fingerprint density at radius 2 is 1.62 bits per heavy atom. The second-order valence-electron chi connectivity index (χ2n) is 6.40. The summed E-state index contributed by atoms with van der Waals surface area (Å²) in [6.07, 6.45) is -0.277. The Kier molecular flexibility index (Phi) is 6.18. The molecular formula is C20H26N2OS. The van der Waals surface area contributed by atoms with Crippen molar-refractivity contribution in [3.63, 3.8) is 0 Å². The number of benzene rings is 2. The molecule has 2 aromatic rings. The van der Waals surface area contributed by atoms with E-state index >= 15 is 0 Å². The zero-order valence-corrected chi connectivity index (χ0v) is 15.1. The number of anilines is 1. The largest absolute Gasteiger partial charge is 0.391 e. The van der Waals surface area contributed by atoms with Gasteiger partial charge in [0.2, 0.25) is 0 Å². The zero-order valence-electron chi connectivity index (χ0n) is 14.3. The number of piperazine rings is 1. The predicted molar refractivity (Wildman–Crippen MR) is 103 cm³/mol. The predicted octanol–water partition coefficient (Wildman–Crippen LogP) is 3.27. The molecule has 0 bridgehead atoms. The number of aliphatic hydroxyl groups is 1. The summed E-state index contributed by atoms with van der Waals surface area (Å²) in [6, 6.07) is 19.0. The molecule has 0 saturated carbocycles. The van der Waals surface area contributed by atoms with Gasteiger partial charge in [0.1, 0.15) is 0 Å². The summed E-state index contributed by atoms with van der Waals surface area (Å²) in [7, 11) is 0. The number of hydrogen-bond acceptors (Lipinski definition) is 4. The number of aryl methyl sites for hydroxylation is 1. The highest BCUT2D eigenvalue weighted by Crippen LogP contribution is 2.20. The number of aliphatic hydroxyl groups excluding tert-OH is 1. The van der Waals surface area contributed by atoms with Crippen molar-refractivity contribution in [1.29, 1.82) is 0 Å². The smallest absolute Gasteiger partial charge is 0.0760 e. The van der Waals surface area contributed by atoms with Crippen molar-refractivity contribution in [1.82, 2.24) is 4.90 Å². The molecule has 24 heavy (non-hydrogen) atoms. The molecule has 0 aromatic heterocycles. The highest BCUT2D eigenvalue weighted by molar-refractivity contribution is 7.99. The normalized spacial score (nSPS) is 17.0. The third kappa shape index (κ3) is 5.00. The van der Waals surface area contributed by atoms with Crippen LogP contribution in [0.1, 0.15) is 5.56 Å². The molecule has 0 unspecified atom stereocenters. The lowest BCUT2D eigenvalue weighted by Crippen LogP contribution is -2.48. The van der Waals surface area contributed by atoms with Gasteiger partial charge in [0.15, 0.2) is 0 Å². The van der Waals surface area contributed by atoms with Gasteiger partial charge in [0, 0.05) is 49.1 Å². The fourth-order valence-electron chi connectivity index (χ4n) is 3.00. The number of nitrogens with zero attached hydrogens (tertiary/aromatic N) is 2. The molecule has 1 saturated heterocycles. The van der Waals surface area contributed by atoms with Crippen molar-refractivity contribution >= 4 is 17.4 Å². The standard InChI is InChI=1S/C20H26N2OS/c1-17-7-9-18(10-8-17)22-13-11-21(12-14-22)15-19(23)16-24-20-5-3-2-4-6-20/h2-10,19,23H,11-16H2,1H3/t19-/m0/s1. The topological polar surface area (TPSA) is 26.7 Å². The lowest BCUT2D eigenvalue weighted by atomic mass is 10.2. The molecule has 128 valence electrons. The lowest BCUT2D eigenvalue weighted by molar-refractivity contribution is 0.126. The van der Waals surface area contributed by atoms with Crippen LogP contribution in [0, 0.1) is 6.92 Å². The average molecular weight is 343 g/mol. The molecule has 4 heteroatoms. The number of β-amino-alcohol motifs (C(OH)–C–C–N with tert-alkyl or cyclic N) is 1. The molecular weight excluding hydrogens is 316 g/mol. The van der Waals surface area contributed by atoms with Gasteiger partial charge < -0.3 is 10.0 Å². The molecule has 0 amide bonds. The molecule has 1 fully saturated rings. The summed E-state index contributed by atoms with van der Waals surface area (Å²) in [4.78, 5) is 6.03. The Morgan fingerprint density at radius 3 is 2.29 bits per heavy atom. The van der Waals surface area contributed by atoms with Crippen molar-refractivity contribution < 1.29 is 5.11 Å². The third-order valence-electron chi connectivity index (χ3n) is 4.43. The van der Waals surface area contributed by atoms with Gasteiger partial charge >= 0.3 is 0 Å². The molecule has 1 aliphatic rings. The SMILES string of the molecule is Cc1ccc(N2CCN(C[C@H](O)CSc3ccccc3)CC2)cc1. The summed E-state index contributed by atoms with van der Waals surface area (Å²) in [5, 5.41) is 10.3. The second kappa shape index (κ2) is 8.56. The third-order valence-corrected chi connectivity index (χ3v) is 5.58. The first kappa shape index (κ1) is 17.3. The Balaban J connectivity index is 1.41. The first-order chi connectivity index (χ1) is 11.7. The summed E-state index contributed by atoms with van der Waals surface area (Å²) >= 11 is 1.73. The fourth-order valence-corrected chi connectivity index (χ4v) is 3.84. The van der Waals surface area contributed by atoms with Crippen molar-refractivity contribution in [3.05, 3.63) is 60.2 Å². The van der Waals surface area contributed by atoms with Crippen molar-refractivity contribution in [2.45, 2.75) is 17.9 Å². The maximum Gasteiger partial charge on any atom is 0.0760 e. The summed E-state index contributed by atoms with van der Waals surface area (Å²) < 4.78 is 0. The van der Waals surface area contributed by atoms with Crippen LogP contribution in [0.25, 0.3) is 0 Å². The van der Waals surface area contributed by atoms with Gasteiger partial charge in [-0.15, -0.1) is 11.8 Å².